The van der Waals surface area contributed by atoms with Crippen LogP contribution in [0, 0.1) is 27.7 Å². The van der Waals surface area contributed by atoms with Crippen LogP contribution >= 0.6 is 16.8 Å². The summed E-state index contributed by atoms with van der Waals surface area (Å²) in [7, 11) is 1.31. The second-order valence-corrected chi connectivity index (χ2v) is 19.8. The Morgan fingerprint density at radius 1 is 0.605 bits per heavy atom. The van der Waals surface area contributed by atoms with Crippen molar-refractivity contribution in [3.63, 3.8) is 0 Å². The molecule has 9 rings (SSSR count). The van der Waals surface area contributed by atoms with E-state index in [1.807, 2.05) is 74.5 Å². The van der Waals surface area contributed by atoms with Crippen molar-refractivity contribution >= 4 is 81.2 Å². The number of hydrogen-bond acceptors (Lipinski definition) is 9. The Bertz CT molecular complexity index is 3630. The molecule has 4 aromatic carbocycles. The van der Waals surface area contributed by atoms with E-state index in [1.54, 1.807) is 11.9 Å². The van der Waals surface area contributed by atoms with Gasteiger partial charge >= 0.3 is 31.4 Å². The van der Waals surface area contributed by atoms with Crippen LogP contribution in [-0.4, -0.2) is 55.6 Å². The fraction of sp³-hybridized carbons (Fsp3) is 0.0847. The van der Waals surface area contributed by atoms with Gasteiger partial charge in [-0.1, -0.05) is 165 Å². The fourth-order valence-electron chi connectivity index (χ4n) is 8.26. The number of allylic oxidation sites excluding steroid dienone is 4. The van der Waals surface area contributed by atoms with E-state index in [0.29, 0.717) is 28.0 Å². The van der Waals surface area contributed by atoms with Crippen molar-refractivity contribution in [2.45, 2.75) is 27.7 Å². The normalized spacial score (nSPS) is 12.3. The van der Waals surface area contributed by atoms with E-state index in [2.05, 4.69) is 116 Å². The minimum absolute atomic E-state index is 0. The first-order valence-corrected chi connectivity index (χ1v) is 26.0. The number of rotatable bonds is 14. The molecule has 2 aliphatic heterocycles. The number of aryl methyl sites for hydroxylation is 4. The quantitative estimate of drug-likeness (QED) is 0.00791. The number of carboxylic acid groups (broad SMARTS) is 2. The van der Waals surface area contributed by atoms with E-state index in [-0.39, 0.29) is 51.3 Å². The summed E-state index contributed by atoms with van der Waals surface area (Å²) in [6, 6.07) is 39.2. The van der Waals surface area contributed by atoms with Gasteiger partial charge in [-0.2, -0.15) is 0 Å². The molecule has 2 aliphatic rings. The second-order valence-electron chi connectivity index (χ2n) is 17.3. The number of hydrogen-bond donors (Lipinski definition) is 5. The van der Waals surface area contributed by atoms with E-state index >= 15 is 0 Å². The molecule has 0 amide bonds. The first-order valence-electron chi connectivity index (χ1n) is 23.5. The van der Waals surface area contributed by atoms with Crippen molar-refractivity contribution in [2.75, 3.05) is 6.61 Å². The van der Waals surface area contributed by atoms with Gasteiger partial charge in [0, 0.05) is 19.5 Å². The number of carbonyl (C=O) groups is 2. The van der Waals surface area contributed by atoms with Gasteiger partial charge < -0.3 is 30.0 Å². The first-order chi connectivity index (χ1) is 36.2. The maximum atomic E-state index is 11.9. The molecule has 2 unspecified atom stereocenters. The van der Waals surface area contributed by atoms with Crippen molar-refractivity contribution in [1.29, 1.82) is 1.43 Å². The van der Waals surface area contributed by atoms with Crippen LogP contribution in [0.3, 0.4) is 0 Å². The van der Waals surface area contributed by atoms with Gasteiger partial charge in [-0.15, -0.1) is 22.1 Å². The summed E-state index contributed by atoms with van der Waals surface area (Å²) in [5, 5.41) is 35.5. The molecule has 0 aliphatic carbocycles. The number of carboxylic acids is 2. The SMILES string of the molecule is Cc1ccc(-c2c3nc(c(-c4ccc(C)cc4)c4cc(/C=C/C=C(C(=O)O)C(=O)O)c([n-]4)c(-c4ccc(C)cc4)c4nc(c(-c5ccc(C)cc5)c5ccc2[n-]5)C=C4)C=C3)cc1.[3H]OP(P)C=CC=C(COO)OO.[Zn+2].[Zn]. The van der Waals surface area contributed by atoms with Crippen LogP contribution in [0.15, 0.2) is 157 Å². The average Bonchev–Trinajstić information content (AvgIpc) is 4.26. The van der Waals surface area contributed by atoms with E-state index < -0.39 is 25.3 Å². The molecule has 374 valence electrons. The van der Waals surface area contributed by atoms with Crippen LogP contribution in [0.25, 0.3) is 97.0 Å². The summed E-state index contributed by atoms with van der Waals surface area (Å²) in [6.45, 7) is 7.95. The second kappa shape index (κ2) is 26.7. The number of aliphatic carboxylic acids is 2. The zero-order chi connectivity index (χ0) is 53.2. The third-order valence-electron chi connectivity index (χ3n) is 11.9. The molecule has 8 bridgehead atoms. The van der Waals surface area contributed by atoms with Crippen molar-refractivity contribution < 1.29 is 83.9 Å². The monoisotopic (exact) mass is 1150 g/mol. The number of nitrogens with zero attached hydrogens (tertiary/aromatic N) is 4. The van der Waals surface area contributed by atoms with Crippen molar-refractivity contribution in [2.24, 2.45) is 0 Å². The Hall–Kier alpha value is -6.87. The third kappa shape index (κ3) is 13.9. The molecule has 0 spiro atoms. The Balaban J connectivity index is 0.000000569. The Labute approximate surface area is 469 Å². The Kier molecular flexibility index (Phi) is 20.0. The van der Waals surface area contributed by atoms with Gasteiger partial charge in [0.25, 0.3) is 0 Å². The minimum atomic E-state index is -1.54. The van der Waals surface area contributed by atoms with Crippen LogP contribution in [0.4, 0.5) is 0 Å². The largest absolute Gasteiger partial charge is 2.00 e. The van der Waals surface area contributed by atoms with Crippen LogP contribution in [0.2, 0.25) is 0 Å². The predicted octanol–water partition coefficient (Wildman–Crippen LogP) is 13.5. The summed E-state index contributed by atoms with van der Waals surface area (Å²) in [5.41, 5.74) is 16.8. The van der Waals surface area contributed by atoms with E-state index in [1.165, 1.54) is 18.2 Å². The molecule has 76 heavy (non-hydrogen) atoms. The molecular weight excluding hydrogens is 1100 g/mol. The zero-order valence-electron chi connectivity index (χ0n) is 43.0. The van der Waals surface area contributed by atoms with E-state index in [9.17, 15) is 19.8 Å². The molecule has 0 saturated heterocycles. The van der Waals surface area contributed by atoms with Gasteiger partial charge in [-0.3, -0.25) is 5.26 Å². The smallest absolute Gasteiger partial charge is 0.657 e. The van der Waals surface area contributed by atoms with Gasteiger partial charge in [0.1, 0.15) is 12.2 Å². The average molecular weight is 1150 g/mol. The maximum Gasteiger partial charge on any atom is 2.00 e. The molecule has 0 fully saturated rings. The van der Waals surface area contributed by atoms with Gasteiger partial charge in [0.15, 0.2) is 5.76 Å². The van der Waals surface area contributed by atoms with Crippen LogP contribution in [0.5, 0.6) is 0 Å². The summed E-state index contributed by atoms with van der Waals surface area (Å²) < 4.78 is 6.51. The minimum Gasteiger partial charge on any atom is -0.657 e. The maximum absolute atomic E-state index is 11.9. The Morgan fingerprint density at radius 3 is 1.41 bits per heavy atom. The van der Waals surface area contributed by atoms with Crippen LogP contribution in [0.1, 0.15) is 50.6 Å². The predicted molar refractivity (Wildman–Crippen MR) is 298 cm³/mol. The number of fused-ring (bicyclic) bond motifs is 8. The number of benzene rings is 4. The van der Waals surface area contributed by atoms with Crippen molar-refractivity contribution in [3.8, 4) is 44.5 Å². The molecule has 5 N–H and O–H groups in total. The molecule has 7 aromatic rings. The standard InChI is InChI=1S/C54H42N4O4.C5H10O5P2.2Zn/c1-31-8-16-35(17-9-31)48-41-24-25-42(55-41)49(36-18-10-32(2)11-19-36)44-28-29-46(57-44)51(38-22-14-34(4)15-23-38)52-39(6-5-7-40(53(59)60)54(61)62)30-47(58-52)50(45-27-26-43(48)56-45)37-20-12-33(3)13-21-37;6-9-4-5(10-7)2-1-3-12(8)11;;/h5-30H,1-4H3,(H4,55,56,57,58,59,60,61,62);1-3,6-8H,4,11H2;;/q;;;+2/p-2/b6-5+,48-41?,48-43?,49-42?,49-44?,50-45?,50-47?,51-46?,52-51?;;;/i;8T;;. The summed E-state index contributed by atoms with van der Waals surface area (Å²) >= 11 is 0. The van der Waals surface area contributed by atoms with Gasteiger partial charge in [0.05, 0.1) is 30.6 Å². The summed E-state index contributed by atoms with van der Waals surface area (Å²) in [4.78, 5) is 57.0. The van der Waals surface area contributed by atoms with E-state index in [0.717, 1.165) is 95.3 Å². The molecule has 0 radical (unpaired) electrons. The molecule has 2 atom stereocenters. The van der Waals surface area contributed by atoms with Gasteiger partial charge in [0.2, 0.25) is 1.43 Å². The molecule has 13 nitrogen and oxygen atoms in total. The molecule has 5 heterocycles. The van der Waals surface area contributed by atoms with Crippen LogP contribution in [-0.2, 0) is 58.3 Å². The first kappa shape index (κ1) is 56.8. The van der Waals surface area contributed by atoms with Gasteiger partial charge in [-0.05, 0) is 120 Å². The number of aromatic nitrogens is 4. The fourth-order valence-corrected chi connectivity index (χ4v) is 8.82. The summed E-state index contributed by atoms with van der Waals surface area (Å²) in [5.74, 6) is -1.45. The molecule has 17 heteroatoms. The Morgan fingerprint density at radius 2 is 1.01 bits per heavy atom. The van der Waals surface area contributed by atoms with Crippen LogP contribution < -0.4 is 9.97 Å². The molecular formula is C59H50N4O9P2Zn2. The van der Waals surface area contributed by atoms with Crippen molar-refractivity contribution in [3.05, 3.63) is 207 Å². The van der Waals surface area contributed by atoms with Gasteiger partial charge in [-0.25, -0.2) is 29.7 Å². The molecule has 3 aromatic heterocycles. The van der Waals surface area contributed by atoms with E-state index in [4.69, 9.17) is 31.9 Å². The molecule has 0 saturated carbocycles. The zero-order valence-corrected chi connectivity index (χ0v) is 50.0. The topological polar surface area (TPSA) is 208 Å². The third-order valence-corrected chi connectivity index (χ3v) is 12.9. The summed E-state index contributed by atoms with van der Waals surface area (Å²) in [6.07, 6.45) is 15.2. The van der Waals surface area contributed by atoms with Crippen molar-refractivity contribution in [1.82, 2.24) is 19.9 Å².